The van der Waals surface area contributed by atoms with Crippen LogP contribution in [0, 0.1) is 0 Å². The summed E-state index contributed by atoms with van der Waals surface area (Å²) in [6.45, 7) is 5.75. The van der Waals surface area contributed by atoms with Gasteiger partial charge in [0.25, 0.3) is 0 Å². The van der Waals surface area contributed by atoms with E-state index in [2.05, 4.69) is 5.32 Å². The van der Waals surface area contributed by atoms with Gasteiger partial charge in [0, 0.05) is 10.6 Å². The van der Waals surface area contributed by atoms with E-state index in [1.54, 1.807) is 12.1 Å². The Morgan fingerprint density at radius 1 is 1.50 bits per heavy atom. The van der Waals surface area contributed by atoms with Gasteiger partial charge in [0.05, 0.1) is 6.04 Å². The Labute approximate surface area is 112 Å². The molecule has 0 aliphatic carbocycles. The molecule has 0 saturated carbocycles. The molecule has 0 radical (unpaired) electrons. The molecule has 0 spiro atoms. The minimum absolute atomic E-state index is 0.113. The van der Waals surface area contributed by atoms with Gasteiger partial charge in [0.2, 0.25) is 0 Å². The molecule has 0 aliphatic heterocycles. The van der Waals surface area contributed by atoms with E-state index in [9.17, 15) is 4.79 Å². The largest absolute Gasteiger partial charge is 0.448 e. The fraction of sp³-hybridized carbons (Fsp3) is 0.462. The zero-order chi connectivity index (χ0) is 13.8. The first-order valence-electron chi connectivity index (χ1n) is 5.74. The number of hydrogen-bond acceptors (Lipinski definition) is 3. The van der Waals surface area contributed by atoms with E-state index in [0.29, 0.717) is 5.02 Å². The van der Waals surface area contributed by atoms with Crippen molar-refractivity contribution in [2.24, 2.45) is 5.73 Å². The van der Waals surface area contributed by atoms with Gasteiger partial charge in [0.1, 0.15) is 6.61 Å². The van der Waals surface area contributed by atoms with Crippen LogP contribution >= 0.6 is 11.6 Å². The Hall–Kier alpha value is -1.26. The second kappa shape index (κ2) is 6.07. The van der Waals surface area contributed by atoms with Gasteiger partial charge in [-0.1, -0.05) is 23.7 Å². The molecule has 1 aromatic rings. The van der Waals surface area contributed by atoms with Gasteiger partial charge in [0.15, 0.2) is 0 Å². The molecule has 0 aromatic heterocycles. The molecule has 1 aromatic carbocycles. The van der Waals surface area contributed by atoms with Gasteiger partial charge in [-0.3, -0.25) is 0 Å². The molecule has 1 rings (SSSR count). The van der Waals surface area contributed by atoms with E-state index < -0.39 is 6.09 Å². The maximum absolute atomic E-state index is 11.4. The Morgan fingerprint density at radius 3 is 2.72 bits per heavy atom. The van der Waals surface area contributed by atoms with Crippen molar-refractivity contribution in [2.45, 2.75) is 32.4 Å². The number of carbonyl (C=O) groups excluding carboxylic acids is 1. The van der Waals surface area contributed by atoms with Crippen LogP contribution < -0.4 is 11.1 Å². The lowest BCUT2D eigenvalue weighted by Gasteiger charge is -2.21. The molecule has 5 heteroatoms. The smallest absolute Gasteiger partial charge is 0.407 e. The van der Waals surface area contributed by atoms with Crippen molar-refractivity contribution >= 4 is 17.7 Å². The molecule has 0 heterocycles. The first-order chi connectivity index (χ1) is 8.28. The van der Waals surface area contributed by atoms with Gasteiger partial charge < -0.3 is 15.8 Å². The topological polar surface area (TPSA) is 64.3 Å². The number of hydrogen-bond donors (Lipinski definition) is 2. The highest BCUT2D eigenvalue weighted by atomic mass is 35.5. The molecule has 0 fully saturated rings. The van der Waals surface area contributed by atoms with Gasteiger partial charge in [-0.05, 0) is 38.5 Å². The van der Waals surface area contributed by atoms with Crippen LogP contribution in [0.2, 0.25) is 5.02 Å². The maximum Gasteiger partial charge on any atom is 0.407 e. The average molecular weight is 271 g/mol. The molecular formula is C13H19ClN2O2. The van der Waals surface area contributed by atoms with Crippen LogP contribution in [-0.4, -0.2) is 18.2 Å². The van der Waals surface area contributed by atoms with Gasteiger partial charge >= 0.3 is 6.09 Å². The van der Waals surface area contributed by atoms with Crippen molar-refractivity contribution in [3.05, 3.63) is 34.9 Å². The van der Waals surface area contributed by atoms with Crippen LogP contribution in [0.15, 0.2) is 24.3 Å². The lowest BCUT2D eigenvalue weighted by Crippen LogP contribution is -2.41. The summed E-state index contributed by atoms with van der Waals surface area (Å²) in [5.41, 5.74) is 6.43. The first kappa shape index (κ1) is 14.8. The molecule has 1 atom stereocenters. The Kier molecular flexibility index (Phi) is 4.99. The zero-order valence-corrected chi connectivity index (χ0v) is 11.6. The maximum atomic E-state index is 11.4. The summed E-state index contributed by atoms with van der Waals surface area (Å²) < 4.78 is 5.06. The second-order valence-electron chi connectivity index (χ2n) is 5.13. The van der Waals surface area contributed by atoms with Crippen LogP contribution in [0.25, 0.3) is 0 Å². The zero-order valence-electron chi connectivity index (χ0n) is 10.9. The number of halogens is 1. The predicted octanol–water partition coefficient (Wildman–Crippen LogP) is 2.86. The summed E-state index contributed by atoms with van der Waals surface area (Å²) >= 11 is 5.86. The standard InChI is InChI=1S/C13H19ClN2O2/c1-13(2,3)16-12(17)18-8-11(15)9-5-4-6-10(14)7-9/h4-7,11H,8,15H2,1-3H3,(H,16,17)/t11-/m1/s1. The van der Waals surface area contributed by atoms with E-state index in [0.717, 1.165) is 5.56 Å². The summed E-state index contributed by atoms with van der Waals surface area (Å²) in [6.07, 6.45) is -0.472. The monoisotopic (exact) mass is 270 g/mol. The Bertz CT molecular complexity index is 416. The van der Waals surface area contributed by atoms with Crippen molar-refractivity contribution in [1.29, 1.82) is 0 Å². The van der Waals surface area contributed by atoms with Crippen LogP contribution in [0.3, 0.4) is 0 Å². The van der Waals surface area contributed by atoms with E-state index >= 15 is 0 Å². The average Bonchev–Trinajstić information content (AvgIpc) is 2.23. The quantitative estimate of drug-likeness (QED) is 0.888. The number of nitrogens with one attached hydrogen (secondary N) is 1. The number of benzene rings is 1. The number of carbonyl (C=O) groups is 1. The van der Waals surface area contributed by atoms with Crippen molar-refractivity contribution in [1.82, 2.24) is 5.32 Å². The van der Waals surface area contributed by atoms with E-state index in [-0.39, 0.29) is 18.2 Å². The highest BCUT2D eigenvalue weighted by Gasteiger charge is 2.16. The molecule has 3 N–H and O–H groups in total. The summed E-state index contributed by atoms with van der Waals surface area (Å²) in [4.78, 5) is 11.4. The van der Waals surface area contributed by atoms with Crippen LogP contribution in [0.1, 0.15) is 32.4 Å². The molecule has 0 unspecified atom stereocenters. The minimum Gasteiger partial charge on any atom is -0.448 e. The lowest BCUT2D eigenvalue weighted by atomic mass is 10.1. The first-order valence-corrected chi connectivity index (χ1v) is 6.12. The highest BCUT2D eigenvalue weighted by molar-refractivity contribution is 6.30. The van der Waals surface area contributed by atoms with Crippen molar-refractivity contribution in [3.63, 3.8) is 0 Å². The molecular weight excluding hydrogens is 252 g/mol. The van der Waals surface area contributed by atoms with Crippen molar-refractivity contribution in [2.75, 3.05) is 6.61 Å². The fourth-order valence-electron chi connectivity index (χ4n) is 1.34. The minimum atomic E-state index is -0.472. The normalized spacial score (nSPS) is 12.9. The Morgan fingerprint density at radius 2 is 2.17 bits per heavy atom. The number of rotatable bonds is 3. The number of alkyl carbamates (subject to hydrolysis) is 1. The van der Waals surface area contributed by atoms with E-state index in [1.807, 2.05) is 32.9 Å². The summed E-state index contributed by atoms with van der Waals surface area (Å²) in [7, 11) is 0. The highest BCUT2D eigenvalue weighted by Crippen LogP contribution is 2.16. The van der Waals surface area contributed by atoms with Crippen molar-refractivity contribution < 1.29 is 9.53 Å². The van der Waals surface area contributed by atoms with E-state index in [4.69, 9.17) is 22.1 Å². The SMILES string of the molecule is CC(C)(C)NC(=O)OC[C@@H](N)c1cccc(Cl)c1. The molecule has 100 valence electrons. The summed E-state index contributed by atoms with van der Waals surface area (Å²) in [5.74, 6) is 0. The summed E-state index contributed by atoms with van der Waals surface area (Å²) in [6, 6.07) is 6.81. The fourth-order valence-corrected chi connectivity index (χ4v) is 1.54. The number of nitrogens with two attached hydrogens (primary N) is 1. The predicted molar refractivity (Wildman–Crippen MR) is 72.6 cm³/mol. The molecule has 0 saturated heterocycles. The van der Waals surface area contributed by atoms with Crippen LogP contribution in [-0.2, 0) is 4.74 Å². The number of amides is 1. The van der Waals surface area contributed by atoms with Gasteiger partial charge in [-0.25, -0.2) is 4.79 Å². The molecule has 18 heavy (non-hydrogen) atoms. The lowest BCUT2D eigenvalue weighted by molar-refractivity contribution is 0.131. The molecule has 0 aliphatic rings. The van der Waals surface area contributed by atoms with Gasteiger partial charge in [-0.2, -0.15) is 0 Å². The van der Waals surface area contributed by atoms with Crippen LogP contribution in [0.5, 0.6) is 0 Å². The third kappa shape index (κ3) is 5.38. The molecule has 0 bridgehead atoms. The van der Waals surface area contributed by atoms with Crippen LogP contribution in [0.4, 0.5) is 4.79 Å². The third-order valence-electron chi connectivity index (χ3n) is 2.15. The van der Waals surface area contributed by atoms with Gasteiger partial charge in [-0.15, -0.1) is 0 Å². The Balaban J connectivity index is 2.46. The van der Waals surface area contributed by atoms with E-state index in [1.165, 1.54) is 0 Å². The van der Waals surface area contributed by atoms with Crippen molar-refractivity contribution in [3.8, 4) is 0 Å². The number of ether oxygens (including phenoxy) is 1. The summed E-state index contributed by atoms with van der Waals surface area (Å²) in [5, 5.41) is 3.31. The molecule has 4 nitrogen and oxygen atoms in total. The third-order valence-corrected chi connectivity index (χ3v) is 2.38. The molecule has 1 amide bonds. The second-order valence-corrected chi connectivity index (χ2v) is 5.57.